The minimum atomic E-state index is -1.25. The summed E-state index contributed by atoms with van der Waals surface area (Å²) in [6, 6.07) is 13.3. The Hall–Kier alpha value is -3.94. The molecule has 0 saturated heterocycles. The zero-order chi connectivity index (χ0) is 21.9. The predicted octanol–water partition coefficient (Wildman–Crippen LogP) is 1.95. The fourth-order valence-electron chi connectivity index (χ4n) is 4.82. The molecule has 2 aliphatic rings. The number of aryl methyl sites for hydroxylation is 2. The van der Waals surface area contributed by atoms with Crippen molar-refractivity contribution in [3.63, 3.8) is 0 Å². The number of fused-ring (bicyclic) bond motifs is 4. The molecule has 0 radical (unpaired) electrons. The number of nitrogens with one attached hydrogen (secondary N) is 1. The van der Waals surface area contributed by atoms with E-state index in [1.165, 1.54) is 4.90 Å². The van der Waals surface area contributed by atoms with Gasteiger partial charge in [0, 0.05) is 12.0 Å². The van der Waals surface area contributed by atoms with E-state index in [2.05, 4.69) is 10.4 Å². The van der Waals surface area contributed by atoms with E-state index < -0.39 is 11.3 Å². The van der Waals surface area contributed by atoms with E-state index >= 15 is 0 Å². The molecular weight excluding hydrogens is 394 g/mol. The Labute approximate surface area is 178 Å². The van der Waals surface area contributed by atoms with Crippen molar-refractivity contribution in [3.8, 4) is 5.69 Å². The third-order valence-corrected chi connectivity index (χ3v) is 6.15. The number of nitrogens with two attached hydrogens (primary N) is 1. The Morgan fingerprint density at radius 1 is 1.10 bits per heavy atom. The fourth-order valence-corrected chi connectivity index (χ4v) is 4.82. The number of hydrogen-bond donors (Lipinski definition) is 2. The van der Waals surface area contributed by atoms with Gasteiger partial charge in [-0.1, -0.05) is 36.4 Å². The molecule has 0 fully saturated rings. The standard InChI is InChI=1S/C23H21N5O3/c1-13-6-3-4-9-17(13)28-21-16(11-25-28)23(10-19(30)26-21)15-8-5-7-14(2)20(15)27(22(23)31)12-18(24)29/h3-9,11H,10,12H2,1-2H3,(H2,24,29)(H,26,30). The van der Waals surface area contributed by atoms with Crippen LogP contribution >= 0.6 is 0 Å². The van der Waals surface area contributed by atoms with Crippen LogP contribution in [0.2, 0.25) is 0 Å². The van der Waals surface area contributed by atoms with Gasteiger partial charge in [0.05, 0.1) is 17.6 Å². The Balaban J connectivity index is 1.78. The first kappa shape index (κ1) is 19.0. The van der Waals surface area contributed by atoms with Crippen LogP contribution in [0.25, 0.3) is 5.69 Å². The molecule has 8 heteroatoms. The molecule has 3 heterocycles. The quantitative estimate of drug-likeness (QED) is 0.681. The van der Waals surface area contributed by atoms with E-state index in [-0.39, 0.29) is 24.8 Å². The number of para-hydroxylation sites is 2. The normalized spacial score (nSPS) is 19.4. The maximum Gasteiger partial charge on any atom is 0.243 e. The Morgan fingerprint density at radius 3 is 2.58 bits per heavy atom. The molecule has 1 spiro atoms. The van der Waals surface area contributed by atoms with Gasteiger partial charge in [0.2, 0.25) is 17.7 Å². The van der Waals surface area contributed by atoms with Gasteiger partial charge in [-0.25, -0.2) is 4.68 Å². The fraction of sp³-hybridized carbons (Fsp3) is 0.217. The van der Waals surface area contributed by atoms with Gasteiger partial charge in [0.25, 0.3) is 0 Å². The number of aromatic nitrogens is 2. The molecule has 2 aromatic carbocycles. The lowest BCUT2D eigenvalue weighted by Gasteiger charge is -2.32. The predicted molar refractivity (Wildman–Crippen MR) is 115 cm³/mol. The highest BCUT2D eigenvalue weighted by Crippen LogP contribution is 2.53. The van der Waals surface area contributed by atoms with Crippen molar-refractivity contribution < 1.29 is 14.4 Å². The van der Waals surface area contributed by atoms with E-state index in [0.29, 0.717) is 22.6 Å². The molecule has 0 aliphatic carbocycles. The van der Waals surface area contributed by atoms with Crippen molar-refractivity contribution in [1.82, 2.24) is 9.78 Å². The number of amides is 3. The molecule has 31 heavy (non-hydrogen) atoms. The lowest BCUT2D eigenvalue weighted by molar-refractivity contribution is -0.127. The third-order valence-electron chi connectivity index (χ3n) is 6.15. The molecule has 8 nitrogen and oxygen atoms in total. The summed E-state index contributed by atoms with van der Waals surface area (Å²) in [6.07, 6.45) is 1.57. The lowest BCUT2D eigenvalue weighted by Crippen LogP contribution is -2.48. The summed E-state index contributed by atoms with van der Waals surface area (Å²) in [5.74, 6) is -0.774. The number of hydrogen-bond acceptors (Lipinski definition) is 4. The highest BCUT2D eigenvalue weighted by atomic mass is 16.2. The van der Waals surface area contributed by atoms with Crippen LogP contribution in [0.3, 0.4) is 0 Å². The summed E-state index contributed by atoms with van der Waals surface area (Å²) in [5, 5.41) is 7.44. The number of anilines is 2. The number of primary amides is 1. The van der Waals surface area contributed by atoms with E-state index in [4.69, 9.17) is 5.73 Å². The van der Waals surface area contributed by atoms with Gasteiger partial charge in [0.15, 0.2) is 0 Å². The second-order valence-corrected chi connectivity index (χ2v) is 8.06. The minimum absolute atomic E-state index is 0.0655. The van der Waals surface area contributed by atoms with Crippen LogP contribution in [0, 0.1) is 13.8 Å². The number of carbonyl (C=O) groups is 3. The van der Waals surface area contributed by atoms with Gasteiger partial charge in [-0.2, -0.15) is 5.10 Å². The molecule has 3 N–H and O–H groups in total. The van der Waals surface area contributed by atoms with Crippen molar-refractivity contribution >= 4 is 29.2 Å². The van der Waals surface area contributed by atoms with Crippen LogP contribution in [0.15, 0.2) is 48.7 Å². The van der Waals surface area contributed by atoms with E-state index in [0.717, 1.165) is 16.8 Å². The van der Waals surface area contributed by atoms with Crippen LogP contribution in [0.4, 0.5) is 11.5 Å². The summed E-state index contributed by atoms with van der Waals surface area (Å²) in [5.41, 5.74) is 8.76. The summed E-state index contributed by atoms with van der Waals surface area (Å²) in [6.45, 7) is 3.58. The summed E-state index contributed by atoms with van der Waals surface area (Å²) >= 11 is 0. The van der Waals surface area contributed by atoms with Crippen LogP contribution in [0.1, 0.15) is 28.7 Å². The highest BCUT2D eigenvalue weighted by molar-refractivity contribution is 6.17. The van der Waals surface area contributed by atoms with Crippen molar-refractivity contribution in [2.75, 3.05) is 16.8 Å². The average Bonchev–Trinajstić information content (AvgIpc) is 3.23. The average molecular weight is 415 g/mol. The molecule has 1 atom stereocenters. The number of carbonyl (C=O) groups excluding carboxylic acids is 3. The third kappa shape index (κ3) is 2.54. The first-order chi connectivity index (χ1) is 14.8. The maximum absolute atomic E-state index is 13.8. The smallest absolute Gasteiger partial charge is 0.243 e. The van der Waals surface area contributed by atoms with Gasteiger partial charge in [-0.15, -0.1) is 0 Å². The Morgan fingerprint density at radius 2 is 1.84 bits per heavy atom. The molecular formula is C23H21N5O3. The van der Waals surface area contributed by atoms with Crippen LogP contribution in [-0.4, -0.2) is 34.0 Å². The molecule has 1 unspecified atom stereocenters. The van der Waals surface area contributed by atoms with Crippen LogP contribution in [0.5, 0.6) is 0 Å². The molecule has 1 aromatic heterocycles. The molecule has 5 rings (SSSR count). The highest BCUT2D eigenvalue weighted by Gasteiger charge is 2.57. The summed E-state index contributed by atoms with van der Waals surface area (Å²) < 4.78 is 1.66. The second-order valence-electron chi connectivity index (χ2n) is 8.06. The molecule has 3 amide bonds. The van der Waals surface area contributed by atoms with E-state index in [1.807, 2.05) is 56.3 Å². The second kappa shape index (κ2) is 6.53. The lowest BCUT2D eigenvalue weighted by atomic mass is 9.71. The van der Waals surface area contributed by atoms with Crippen molar-refractivity contribution in [3.05, 3.63) is 70.9 Å². The van der Waals surface area contributed by atoms with E-state index in [1.54, 1.807) is 10.9 Å². The van der Waals surface area contributed by atoms with Crippen molar-refractivity contribution in [2.24, 2.45) is 5.73 Å². The zero-order valence-corrected chi connectivity index (χ0v) is 17.2. The minimum Gasteiger partial charge on any atom is -0.368 e. The van der Waals surface area contributed by atoms with Gasteiger partial charge < -0.3 is 16.0 Å². The topological polar surface area (TPSA) is 110 Å². The zero-order valence-electron chi connectivity index (χ0n) is 17.2. The molecule has 0 saturated carbocycles. The monoisotopic (exact) mass is 415 g/mol. The SMILES string of the molecule is Cc1ccccc1-n1ncc2c1NC(=O)CC21C(=O)N(CC(N)=O)c2c(C)cccc21. The van der Waals surface area contributed by atoms with Crippen molar-refractivity contribution in [2.45, 2.75) is 25.7 Å². The Kier molecular flexibility index (Phi) is 4.01. The number of benzene rings is 2. The molecule has 3 aromatic rings. The number of rotatable bonds is 3. The molecule has 2 aliphatic heterocycles. The van der Waals surface area contributed by atoms with Gasteiger partial charge in [-0.05, 0) is 36.6 Å². The number of nitrogens with zero attached hydrogens (tertiary/aromatic N) is 3. The van der Waals surface area contributed by atoms with Crippen molar-refractivity contribution in [1.29, 1.82) is 0 Å². The maximum atomic E-state index is 13.8. The van der Waals surface area contributed by atoms with Gasteiger partial charge >= 0.3 is 0 Å². The summed E-state index contributed by atoms with van der Waals surface area (Å²) in [7, 11) is 0. The Bertz CT molecular complexity index is 1280. The van der Waals surface area contributed by atoms with Crippen LogP contribution in [-0.2, 0) is 19.8 Å². The summed E-state index contributed by atoms with van der Waals surface area (Å²) in [4.78, 5) is 39.9. The molecule has 0 bridgehead atoms. The van der Waals surface area contributed by atoms with Gasteiger partial charge in [0.1, 0.15) is 17.8 Å². The first-order valence-corrected chi connectivity index (χ1v) is 9.99. The van der Waals surface area contributed by atoms with E-state index in [9.17, 15) is 14.4 Å². The van der Waals surface area contributed by atoms with Crippen LogP contribution < -0.4 is 16.0 Å². The first-order valence-electron chi connectivity index (χ1n) is 9.99. The largest absolute Gasteiger partial charge is 0.368 e. The van der Waals surface area contributed by atoms with Gasteiger partial charge in [-0.3, -0.25) is 14.4 Å². The molecule has 156 valence electrons.